The molecule has 0 aliphatic carbocycles. The van der Waals surface area contributed by atoms with Gasteiger partial charge in [-0.1, -0.05) is 0 Å². The van der Waals surface area contributed by atoms with Crippen molar-refractivity contribution in [1.82, 2.24) is 0 Å². The average Bonchev–Trinajstić information content (AvgIpc) is 2.08. The second-order valence-electron chi connectivity index (χ2n) is 3.44. The van der Waals surface area contributed by atoms with Gasteiger partial charge in [-0.2, -0.15) is 0 Å². The van der Waals surface area contributed by atoms with Gasteiger partial charge in [0, 0.05) is 6.42 Å². The molecule has 0 radical (unpaired) electrons. The number of hydrogen-bond donors (Lipinski definition) is 1. The van der Waals surface area contributed by atoms with Crippen LogP contribution in [0.2, 0.25) is 0 Å². The Morgan fingerprint density at radius 3 is 2.47 bits per heavy atom. The van der Waals surface area contributed by atoms with Gasteiger partial charge in [0.05, 0.1) is 5.56 Å². The smallest absolute Gasteiger partial charge is 0.335 e. The molecule has 0 saturated heterocycles. The first-order chi connectivity index (χ1) is 6.91. The summed E-state index contributed by atoms with van der Waals surface area (Å²) in [5, 5.41) is 8.81. The Kier molecular flexibility index (Phi) is 3.19. The molecule has 0 saturated carbocycles. The minimum absolute atomic E-state index is 0.0349. The van der Waals surface area contributed by atoms with E-state index in [0.29, 0.717) is 5.56 Å². The van der Waals surface area contributed by atoms with Gasteiger partial charge in [-0.25, -0.2) is 9.18 Å². The number of hydrogen-bond acceptors (Lipinski definition) is 2. The van der Waals surface area contributed by atoms with Crippen LogP contribution in [0, 0.1) is 12.7 Å². The standard InChI is InChI=1S/C11H11FO3/c1-6-3-10(12)8(4-7(2)13)5-9(6)11(14)15/h3,5H,4H2,1-2H3,(H,14,15). The maximum atomic E-state index is 13.3. The lowest BCUT2D eigenvalue weighted by Crippen LogP contribution is -2.06. The number of carboxylic acid groups (broad SMARTS) is 1. The summed E-state index contributed by atoms with van der Waals surface area (Å²) in [5.74, 6) is -1.85. The fraction of sp³-hybridized carbons (Fsp3) is 0.273. The van der Waals surface area contributed by atoms with Gasteiger partial charge in [-0.15, -0.1) is 0 Å². The van der Waals surface area contributed by atoms with E-state index < -0.39 is 11.8 Å². The molecule has 0 spiro atoms. The Bertz CT molecular complexity index is 424. The predicted molar refractivity (Wildman–Crippen MR) is 52.5 cm³/mol. The summed E-state index contributed by atoms with van der Waals surface area (Å²) in [6.07, 6.45) is -0.0770. The third-order valence-corrected chi connectivity index (χ3v) is 2.06. The molecule has 80 valence electrons. The maximum Gasteiger partial charge on any atom is 0.335 e. The van der Waals surface area contributed by atoms with Crippen LogP contribution in [0.4, 0.5) is 4.39 Å². The van der Waals surface area contributed by atoms with Gasteiger partial charge in [0.1, 0.15) is 11.6 Å². The van der Waals surface area contributed by atoms with Gasteiger partial charge in [0.2, 0.25) is 0 Å². The first kappa shape index (κ1) is 11.4. The number of carboxylic acids is 1. The van der Waals surface area contributed by atoms with Gasteiger partial charge >= 0.3 is 5.97 Å². The van der Waals surface area contributed by atoms with E-state index in [9.17, 15) is 14.0 Å². The molecule has 15 heavy (non-hydrogen) atoms. The number of ketones is 1. The average molecular weight is 210 g/mol. The minimum Gasteiger partial charge on any atom is -0.478 e. The first-order valence-electron chi connectivity index (χ1n) is 4.43. The molecule has 0 atom stereocenters. The summed E-state index contributed by atoms with van der Waals surface area (Å²) < 4.78 is 13.3. The number of carbonyl (C=O) groups excluding carboxylic acids is 1. The third kappa shape index (κ3) is 2.62. The van der Waals surface area contributed by atoms with E-state index in [1.165, 1.54) is 19.9 Å². The lowest BCUT2D eigenvalue weighted by molar-refractivity contribution is -0.116. The van der Waals surface area contributed by atoms with Crippen molar-refractivity contribution in [3.05, 3.63) is 34.6 Å². The molecular formula is C11H11FO3. The molecule has 0 bridgehead atoms. The zero-order valence-corrected chi connectivity index (χ0v) is 8.50. The van der Waals surface area contributed by atoms with Crippen molar-refractivity contribution in [3.63, 3.8) is 0 Å². The summed E-state index contributed by atoms with van der Waals surface area (Å²) in [6, 6.07) is 2.36. The van der Waals surface area contributed by atoms with Crippen LogP contribution in [0.15, 0.2) is 12.1 Å². The van der Waals surface area contributed by atoms with Crippen LogP contribution in [0.25, 0.3) is 0 Å². The second-order valence-corrected chi connectivity index (χ2v) is 3.44. The molecule has 1 N–H and O–H groups in total. The number of aryl methyl sites for hydroxylation is 1. The Labute approximate surface area is 86.5 Å². The highest BCUT2D eigenvalue weighted by atomic mass is 19.1. The van der Waals surface area contributed by atoms with Crippen molar-refractivity contribution in [1.29, 1.82) is 0 Å². The van der Waals surface area contributed by atoms with Crippen LogP contribution in [-0.4, -0.2) is 16.9 Å². The summed E-state index contributed by atoms with van der Waals surface area (Å²) in [4.78, 5) is 21.6. The highest BCUT2D eigenvalue weighted by Crippen LogP contribution is 2.16. The van der Waals surface area contributed by atoms with E-state index in [0.717, 1.165) is 6.07 Å². The second kappa shape index (κ2) is 4.21. The third-order valence-electron chi connectivity index (χ3n) is 2.06. The number of Topliss-reactive ketones (excluding diaryl/α,β-unsaturated/α-hetero) is 1. The zero-order chi connectivity index (χ0) is 11.6. The highest BCUT2D eigenvalue weighted by Gasteiger charge is 2.13. The van der Waals surface area contributed by atoms with E-state index in [4.69, 9.17) is 5.11 Å². The van der Waals surface area contributed by atoms with Gasteiger partial charge < -0.3 is 5.11 Å². The van der Waals surface area contributed by atoms with Crippen LogP contribution in [0.5, 0.6) is 0 Å². The Morgan fingerprint density at radius 2 is 2.00 bits per heavy atom. The number of aromatic carboxylic acids is 1. The van der Waals surface area contributed by atoms with Gasteiger partial charge in [-0.3, -0.25) is 4.79 Å². The first-order valence-corrected chi connectivity index (χ1v) is 4.43. The van der Waals surface area contributed by atoms with E-state index >= 15 is 0 Å². The molecule has 0 unspecified atom stereocenters. The van der Waals surface area contributed by atoms with Crippen LogP contribution < -0.4 is 0 Å². The van der Waals surface area contributed by atoms with Gasteiger partial charge in [0.25, 0.3) is 0 Å². The van der Waals surface area contributed by atoms with Crippen molar-refractivity contribution in [2.75, 3.05) is 0 Å². The van der Waals surface area contributed by atoms with E-state index in [1.807, 2.05) is 0 Å². The van der Waals surface area contributed by atoms with E-state index in [-0.39, 0.29) is 23.3 Å². The summed E-state index contributed by atoms with van der Waals surface area (Å²) in [7, 11) is 0. The van der Waals surface area contributed by atoms with Crippen molar-refractivity contribution in [2.24, 2.45) is 0 Å². The molecule has 0 aliphatic heterocycles. The number of halogens is 1. The van der Waals surface area contributed by atoms with Crippen molar-refractivity contribution < 1.29 is 19.1 Å². The molecule has 1 aromatic rings. The lowest BCUT2D eigenvalue weighted by atomic mass is 10.0. The van der Waals surface area contributed by atoms with Crippen LogP contribution >= 0.6 is 0 Å². The number of carbonyl (C=O) groups is 2. The van der Waals surface area contributed by atoms with Crippen LogP contribution in [-0.2, 0) is 11.2 Å². The van der Waals surface area contributed by atoms with Crippen molar-refractivity contribution in [2.45, 2.75) is 20.3 Å². The topological polar surface area (TPSA) is 54.4 Å². The fourth-order valence-corrected chi connectivity index (χ4v) is 1.35. The van der Waals surface area contributed by atoms with Gasteiger partial charge in [-0.05, 0) is 37.1 Å². The minimum atomic E-state index is -1.11. The Hall–Kier alpha value is -1.71. The summed E-state index contributed by atoms with van der Waals surface area (Å²) in [5.41, 5.74) is 0.519. The quantitative estimate of drug-likeness (QED) is 0.829. The molecule has 4 heteroatoms. The molecule has 0 fully saturated rings. The van der Waals surface area contributed by atoms with Gasteiger partial charge in [0.15, 0.2) is 0 Å². The monoisotopic (exact) mass is 210 g/mol. The molecule has 1 rings (SSSR count). The van der Waals surface area contributed by atoms with Crippen molar-refractivity contribution in [3.8, 4) is 0 Å². The van der Waals surface area contributed by atoms with Crippen LogP contribution in [0.1, 0.15) is 28.4 Å². The molecule has 0 aliphatic rings. The van der Waals surface area contributed by atoms with Crippen LogP contribution in [0.3, 0.4) is 0 Å². The Morgan fingerprint density at radius 1 is 1.40 bits per heavy atom. The molecule has 3 nitrogen and oxygen atoms in total. The lowest BCUT2D eigenvalue weighted by Gasteiger charge is -2.05. The molecule has 0 aromatic heterocycles. The van der Waals surface area contributed by atoms with Crippen molar-refractivity contribution >= 4 is 11.8 Å². The largest absolute Gasteiger partial charge is 0.478 e. The SMILES string of the molecule is CC(=O)Cc1cc(C(=O)O)c(C)cc1F. The highest BCUT2D eigenvalue weighted by molar-refractivity contribution is 5.90. The zero-order valence-electron chi connectivity index (χ0n) is 8.50. The molecule has 1 aromatic carbocycles. The van der Waals surface area contributed by atoms with E-state index in [2.05, 4.69) is 0 Å². The number of rotatable bonds is 3. The predicted octanol–water partition coefficient (Wildman–Crippen LogP) is 1.96. The molecule has 0 amide bonds. The fourth-order valence-electron chi connectivity index (χ4n) is 1.35. The normalized spacial score (nSPS) is 10.1. The van der Waals surface area contributed by atoms with E-state index in [1.54, 1.807) is 0 Å². The summed E-state index contributed by atoms with van der Waals surface area (Å²) >= 11 is 0. The molecule has 0 heterocycles. The molecular weight excluding hydrogens is 199 g/mol. The summed E-state index contributed by atoms with van der Waals surface area (Å²) in [6.45, 7) is 2.85. The maximum absolute atomic E-state index is 13.3. The Balaban J connectivity index is 3.23. The number of benzene rings is 1.